The van der Waals surface area contributed by atoms with Crippen molar-refractivity contribution >= 4 is 15.7 Å². The maximum absolute atomic E-state index is 14.5. The monoisotopic (exact) mass is 515 g/mol. The van der Waals surface area contributed by atoms with Gasteiger partial charge in [0.15, 0.2) is 0 Å². The molecule has 0 radical (unpaired) electrons. The number of sulfone groups is 1. The van der Waals surface area contributed by atoms with Gasteiger partial charge in [-0.05, 0) is 61.5 Å². The highest BCUT2D eigenvalue weighted by Gasteiger charge is 2.73. The molecule has 4 rings (SSSR count). The maximum Gasteiger partial charge on any atom is 0.435 e. The highest BCUT2D eigenvalue weighted by Crippen LogP contribution is 2.55. The Bertz CT molecular complexity index is 1040. The summed E-state index contributed by atoms with van der Waals surface area (Å²) in [6, 6.07) is 2.12. The smallest absolute Gasteiger partial charge is 0.353 e. The van der Waals surface area contributed by atoms with Crippen LogP contribution in [0, 0.1) is 11.8 Å². The van der Waals surface area contributed by atoms with Crippen molar-refractivity contribution in [1.82, 2.24) is 5.32 Å². The van der Waals surface area contributed by atoms with Crippen LogP contribution < -0.4 is 5.32 Å². The standard InChI is InChI=1S/C22H24F7NO3S/c23-20(21(24,25)26,22(27,28)29)13-2-4-15-12(11-13)1-3-17-16(15)5-6-18(17)19(31)30-14-7-9-34(32,33)10-8-14/h2,4,11,14,16-18H,1,3,5-10H2,(H,30,31)/t16-,17+,18+/m0/s1. The molecule has 0 bridgehead atoms. The van der Waals surface area contributed by atoms with Crippen LogP contribution in [0.3, 0.4) is 0 Å². The lowest BCUT2D eigenvalue weighted by atomic mass is 9.73. The van der Waals surface area contributed by atoms with Crippen molar-refractivity contribution in [2.45, 2.75) is 68.5 Å². The Balaban J connectivity index is 1.52. The normalized spacial score (nSPS) is 27.7. The first-order valence-electron chi connectivity index (χ1n) is 11.1. The molecule has 1 aromatic rings. The van der Waals surface area contributed by atoms with E-state index in [1.54, 1.807) is 0 Å². The van der Waals surface area contributed by atoms with Gasteiger partial charge < -0.3 is 5.32 Å². The molecule has 0 aromatic heterocycles. The zero-order valence-corrected chi connectivity index (χ0v) is 18.8. The number of carbonyl (C=O) groups excluding carboxylic acids is 1. The number of hydrogen-bond donors (Lipinski definition) is 1. The number of hydrogen-bond acceptors (Lipinski definition) is 3. The van der Waals surface area contributed by atoms with E-state index in [2.05, 4.69) is 5.32 Å². The highest BCUT2D eigenvalue weighted by molar-refractivity contribution is 7.91. The Morgan fingerprint density at radius 2 is 1.50 bits per heavy atom. The Kier molecular flexibility index (Phi) is 6.22. The van der Waals surface area contributed by atoms with Crippen LogP contribution in [0.1, 0.15) is 54.7 Å². The fourth-order valence-electron chi connectivity index (χ4n) is 5.73. The second-order valence-electron chi connectivity index (χ2n) is 9.50. The van der Waals surface area contributed by atoms with E-state index in [1.165, 1.54) is 0 Å². The van der Waals surface area contributed by atoms with E-state index in [1.807, 2.05) is 0 Å². The minimum Gasteiger partial charge on any atom is -0.353 e. The van der Waals surface area contributed by atoms with Crippen LogP contribution in [-0.2, 0) is 26.7 Å². The summed E-state index contributed by atoms with van der Waals surface area (Å²) in [6.07, 6.45) is -10.1. The Hall–Kier alpha value is -1.85. The molecule has 190 valence electrons. The van der Waals surface area contributed by atoms with E-state index in [0.29, 0.717) is 49.8 Å². The molecular formula is C22H24F7NO3S. The van der Waals surface area contributed by atoms with Crippen molar-refractivity contribution in [2.24, 2.45) is 11.8 Å². The zero-order chi connectivity index (χ0) is 25.1. The van der Waals surface area contributed by atoms with Crippen molar-refractivity contribution in [3.63, 3.8) is 0 Å². The number of halogens is 7. The SMILES string of the molecule is O=C(NC1CCS(=O)(=O)CC1)[C@@H]1CC[C@H]2c3ccc(C(F)(C(F)(F)F)C(F)(F)F)cc3CC[C@@H]12. The summed E-state index contributed by atoms with van der Waals surface area (Å²) in [6.45, 7) is 0. The van der Waals surface area contributed by atoms with Gasteiger partial charge in [0.1, 0.15) is 9.84 Å². The number of rotatable bonds is 3. The summed E-state index contributed by atoms with van der Waals surface area (Å²) in [4.78, 5) is 12.9. The van der Waals surface area contributed by atoms with E-state index >= 15 is 0 Å². The second-order valence-corrected chi connectivity index (χ2v) is 11.8. The van der Waals surface area contributed by atoms with Gasteiger partial charge in [0.25, 0.3) is 0 Å². The van der Waals surface area contributed by atoms with Crippen molar-refractivity contribution in [3.8, 4) is 0 Å². The predicted molar refractivity (Wildman–Crippen MR) is 108 cm³/mol. The van der Waals surface area contributed by atoms with Gasteiger partial charge in [0.05, 0.1) is 11.5 Å². The molecule has 0 spiro atoms. The van der Waals surface area contributed by atoms with Gasteiger partial charge in [0, 0.05) is 17.5 Å². The Morgan fingerprint density at radius 1 is 0.882 bits per heavy atom. The summed E-state index contributed by atoms with van der Waals surface area (Å²) in [7, 11) is -3.07. The summed E-state index contributed by atoms with van der Waals surface area (Å²) in [5.41, 5.74) is -6.14. The molecule has 3 atom stereocenters. The number of alkyl halides is 7. The van der Waals surface area contributed by atoms with Crippen LogP contribution in [0.25, 0.3) is 0 Å². The molecule has 1 heterocycles. The molecule has 12 heteroatoms. The number of nitrogens with one attached hydrogen (secondary N) is 1. The largest absolute Gasteiger partial charge is 0.435 e. The quantitative estimate of drug-likeness (QED) is 0.593. The van der Waals surface area contributed by atoms with Gasteiger partial charge in [-0.2, -0.15) is 26.3 Å². The van der Waals surface area contributed by atoms with Crippen LogP contribution in [-0.4, -0.2) is 44.2 Å². The van der Waals surface area contributed by atoms with Gasteiger partial charge in [-0.25, -0.2) is 12.8 Å². The molecule has 4 nitrogen and oxygen atoms in total. The lowest BCUT2D eigenvalue weighted by Gasteiger charge is -2.34. The number of carbonyl (C=O) groups is 1. The van der Waals surface area contributed by atoms with Crippen LogP contribution in [0.15, 0.2) is 18.2 Å². The molecule has 1 aromatic carbocycles. The van der Waals surface area contributed by atoms with Crippen molar-refractivity contribution in [2.75, 3.05) is 11.5 Å². The first-order valence-corrected chi connectivity index (χ1v) is 12.9. The summed E-state index contributed by atoms with van der Waals surface area (Å²) in [5.74, 6) is -0.903. The average molecular weight is 515 g/mol. The second kappa shape index (κ2) is 8.37. The van der Waals surface area contributed by atoms with E-state index in [9.17, 15) is 43.9 Å². The van der Waals surface area contributed by atoms with Crippen LogP contribution >= 0.6 is 0 Å². The molecule has 1 saturated heterocycles. The zero-order valence-electron chi connectivity index (χ0n) is 18.0. The molecule has 34 heavy (non-hydrogen) atoms. The van der Waals surface area contributed by atoms with E-state index in [0.717, 1.165) is 6.07 Å². The van der Waals surface area contributed by atoms with E-state index < -0.39 is 33.4 Å². The third-order valence-corrected chi connectivity index (χ3v) is 9.24. The van der Waals surface area contributed by atoms with Gasteiger partial charge >= 0.3 is 18.0 Å². The molecule has 0 unspecified atom stereocenters. The van der Waals surface area contributed by atoms with Gasteiger partial charge in [-0.1, -0.05) is 18.2 Å². The van der Waals surface area contributed by atoms with Crippen molar-refractivity contribution < 1.29 is 43.9 Å². The Morgan fingerprint density at radius 3 is 2.09 bits per heavy atom. The van der Waals surface area contributed by atoms with Crippen LogP contribution in [0.2, 0.25) is 0 Å². The minimum atomic E-state index is -6.16. The number of aryl methyl sites for hydroxylation is 1. The van der Waals surface area contributed by atoms with Gasteiger partial charge in [0.2, 0.25) is 5.91 Å². The Labute approximate surface area is 192 Å². The molecule has 3 aliphatic rings. The summed E-state index contributed by atoms with van der Waals surface area (Å²) in [5, 5.41) is 2.91. The molecule has 1 saturated carbocycles. The first-order chi connectivity index (χ1) is 15.6. The number of fused-ring (bicyclic) bond motifs is 3. The van der Waals surface area contributed by atoms with Crippen LogP contribution in [0.5, 0.6) is 0 Å². The van der Waals surface area contributed by atoms with E-state index in [-0.39, 0.29) is 53.2 Å². The third kappa shape index (κ3) is 4.30. The van der Waals surface area contributed by atoms with Crippen molar-refractivity contribution in [3.05, 3.63) is 34.9 Å². The van der Waals surface area contributed by atoms with Crippen molar-refractivity contribution in [1.29, 1.82) is 0 Å². The minimum absolute atomic E-state index is 0.0102. The lowest BCUT2D eigenvalue weighted by molar-refractivity contribution is -0.348. The van der Waals surface area contributed by atoms with Gasteiger partial charge in [-0.15, -0.1) is 0 Å². The summed E-state index contributed by atoms with van der Waals surface area (Å²) < 4.78 is 116. The van der Waals surface area contributed by atoms with Gasteiger partial charge in [-0.3, -0.25) is 4.79 Å². The predicted octanol–water partition coefficient (Wildman–Crippen LogP) is 4.73. The summed E-state index contributed by atoms with van der Waals surface area (Å²) >= 11 is 0. The molecule has 1 amide bonds. The average Bonchev–Trinajstić information content (AvgIpc) is 3.17. The lowest BCUT2D eigenvalue weighted by Crippen LogP contribution is -2.50. The molecule has 2 fully saturated rings. The topological polar surface area (TPSA) is 63.2 Å². The molecular weight excluding hydrogens is 491 g/mol. The number of benzene rings is 1. The third-order valence-electron chi connectivity index (χ3n) is 7.53. The van der Waals surface area contributed by atoms with E-state index in [4.69, 9.17) is 0 Å². The van der Waals surface area contributed by atoms with Crippen LogP contribution in [0.4, 0.5) is 30.7 Å². The first kappa shape index (κ1) is 25.2. The fraction of sp³-hybridized carbons (Fsp3) is 0.682. The molecule has 2 aliphatic carbocycles. The highest BCUT2D eigenvalue weighted by atomic mass is 32.2. The fourth-order valence-corrected chi connectivity index (χ4v) is 7.22. The number of amides is 1. The maximum atomic E-state index is 14.5. The molecule has 1 aliphatic heterocycles. The molecule has 1 N–H and O–H groups in total.